The van der Waals surface area contributed by atoms with Crippen molar-refractivity contribution in [3.8, 4) is 11.8 Å². The Morgan fingerprint density at radius 3 is 2.33 bits per heavy atom. The average Bonchev–Trinajstić information content (AvgIpc) is 2.60. The first kappa shape index (κ1) is 20.2. The molecule has 0 fully saturated rings. The molecule has 0 aliphatic carbocycles. The molecule has 2 aromatic rings. The minimum atomic E-state index is -1.20. The van der Waals surface area contributed by atoms with E-state index in [1.807, 2.05) is 0 Å². The Labute approximate surface area is 163 Å². The zero-order valence-electron chi connectivity index (χ0n) is 13.5. The number of anilines is 1. The third kappa shape index (κ3) is 5.71. The number of carbonyl (C=O) groups excluding carboxylic acids is 1. The minimum absolute atomic E-state index is 0.0197. The largest absolute Gasteiger partial charge is 0.479 e. The monoisotopic (exact) mass is 408 g/mol. The summed E-state index contributed by atoms with van der Waals surface area (Å²) in [4.78, 5) is 22.8. The molecule has 2 aromatic carbocycles. The summed E-state index contributed by atoms with van der Waals surface area (Å²) in [6, 6.07) is 9.53. The van der Waals surface area contributed by atoms with E-state index in [1.165, 1.54) is 42.5 Å². The van der Waals surface area contributed by atoms with Gasteiger partial charge in [-0.15, -0.1) is 0 Å². The number of aliphatic carboxylic acids is 1. The average molecular weight is 409 g/mol. The van der Waals surface area contributed by atoms with E-state index in [9.17, 15) is 19.2 Å². The van der Waals surface area contributed by atoms with Crippen molar-refractivity contribution in [1.29, 1.82) is 5.26 Å². The predicted octanol–water partition coefficient (Wildman–Crippen LogP) is 4.14. The molecule has 0 saturated carbocycles. The van der Waals surface area contributed by atoms with Crippen molar-refractivity contribution in [1.82, 2.24) is 0 Å². The number of halogens is 3. The number of carbonyl (C=O) groups is 2. The van der Waals surface area contributed by atoms with E-state index in [2.05, 4.69) is 5.32 Å². The van der Waals surface area contributed by atoms with E-state index >= 15 is 0 Å². The van der Waals surface area contributed by atoms with Crippen LogP contribution < -0.4 is 10.1 Å². The third-order valence-electron chi connectivity index (χ3n) is 3.14. The second kappa shape index (κ2) is 9.03. The van der Waals surface area contributed by atoms with Crippen molar-refractivity contribution in [3.63, 3.8) is 0 Å². The van der Waals surface area contributed by atoms with Gasteiger partial charge in [0.05, 0.1) is 10.0 Å². The molecule has 9 heteroatoms. The predicted molar refractivity (Wildman–Crippen MR) is 98.2 cm³/mol. The van der Waals surface area contributed by atoms with E-state index in [0.29, 0.717) is 11.3 Å². The first-order valence-corrected chi connectivity index (χ1v) is 8.08. The Balaban J connectivity index is 2.23. The lowest BCUT2D eigenvalue weighted by Gasteiger charge is -2.09. The van der Waals surface area contributed by atoms with E-state index in [1.54, 1.807) is 6.07 Å². The summed E-state index contributed by atoms with van der Waals surface area (Å²) in [6.07, 6.45) is 1.25. The highest BCUT2D eigenvalue weighted by molar-refractivity contribution is 6.37. The number of nitriles is 1. The Bertz CT molecular complexity index is 930. The Morgan fingerprint density at radius 1 is 1.22 bits per heavy atom. The maximum Gasteiger partial charge on any atom is 0.341 e. The Morgan fingerprint density at radius 2 is 1.81 bits per heavy atom. The second-order valence-corrected chi connectivity index (χ2v) is 5.94. The van der Waals surface area contributed by atoms with Crippen LogP contribution >= 0.6 is 23.2 Å². The maximum absolute atomic E-state index is 12.9. The molecule has 0 heterocycles. The van der Waals surface area contributed by atoms with Crippen molar-refractivity contribution in [2.75, 3.05) is 11.9 Å². The zero-order valence-corrected chi connectivity index (χ0v) is 15.0. The van der Waals surface area contributed by atoms with Crippen LogP contribution in [0.15, 0.2) is 42.0 Å². The van der Waals surface area contributed by atoms with Crippen molar-refractivity contribution < 1.29 is 23.8 Å². The molecule has 0 aromatic heterocycles. The SMILES string of the molecule is N#C/C(=C\c1cc(Cl)c(OCC(=O)O)c(Cl)c1)C(=O)Nc1ccc(F)cc1. The fourth-order valence-corrected chi connectivity index (χ4v) is 2.59. The lowest BCUT2D eigenvalue weighted by molar-refractivity contribution is -0.139. The quantitative estimate of drug-likeness (QED) is 0.552. The Kier molecular flexibility index (Phi) is 6.77. The standard InChI is InChI=1S/C18H11Cl2FN2O4/c19-14-6-10(7-15(20)17(14)27-9-16(24)25)5-11(8-22)18(26)23-13-3-1-12(21)2-4-13/h1-7H,9H2,(H,23,26)(H,24,25)/b11-5+. The van der Waals surface area contributed by atoms with Gasteiger partial charge in [0.25, 0.3) is 5.91 Å². The maximum atomic E-state index is 12.9. The summed E-state index contributed by atoms with van der Waals surface area (Å²) in [5.41, 5.74) is 0.403. The summed E-state index contributed by atoms with van der Waals surface area (Å²) < 4.78 is 17.9. The van der Waals surface area contributed by atoms with Gasteiger partial charge in [0.15, 0.2) is 12.4 Å². The van der Waals surface area contributed by atoms with Crippen LogP contribution in [0.4, 0.5) is 10.1 Å². The molecule has 2 N–H and O–H groups in total. The van der Waals surface area contributed by atoms with Crippen LogP contribution in [0.3, 0.4) is 0 Å². The molecule has 0 spiro atoms. The zero-order chi connectivity index (χ0) is 20.0. The summed E-state index contributed by atoms with van der Waals surface area (Å²) in [5, 5.41) is 20.4. The van der Waals surface area contributed by atoms with Crippen molar-refractivity contribution in [2.24, 2.45) is 0 Å². The number of ether oxygens (including phenoxy) is 1. The lowest BCUT2D eigenvalue weighted by atomic mass is 10.1. The van der Waals surface area contributed by atoms with Crippen LogP contribution in [0.5, 0.6) is 5.75 Å². The van der Waals surface area contributed by atoms with E-state index in [4.69, 9.17) is 33.0 Å². The lowest BCUT2D eigenvalue weighted by Crippen LogP contribution is -2.13. The van der Waals surface area contributed by atoms with Crippen LogP contribution in [-0.2, 0) is 9.59 Å². The van der Waals surface area contributed by atoms with Crippen LogP contribution in [0.25, 0.3) is 6.08 Å². The molecular formula is C18H11Cl2FN2O4. The van der Waals surface area contributed by atoms with Gasteiger partial charge in [0.2, 0.25) is 0 Å². The molecule has 0 bridgehead atoms. The topological polar surface area (TPSA) is 99.4 Å². The number of rotatable bonds is 6. The first-order valence-electron chi connectivity index (χ1n) is 7.32. The highest BCUT2D eigenvalue weighted by atomic mass is 35.5. The van der Waals surface area contributed by atoms with Gasteiger partial charge < -0.3 is 15.2 Å². The fraction of sp³-hybridized carbons (Fsp3) is 0.0556. The molecule has 27 heavy (non-hydrogen) atoms. The molecule has 0 aliphatic rings. The van der Waals surface area contributed by atoms with Gasteiger partial charge in [-0.3, -0.25) is 4.79 Å². The van der Waals surface area contributed by atoms with E-state index < -0.39 is 24.3 Å². The summed E-state index contributed by atoms with van der Waals surface area (Å²) in [6.45, 7) is -0.627. The molecule has 0 atom stereocenters. The van der Waals surface area contributed by atoms with Crippen LogP contribution in [-0.4, -0.2) is 23.6 Å². The van der Waals surface area contributed by atoms with Gasteiger partial charge in [0.1, 0.15) is 17.5 Å². The molecule has 0 saturated heterocycles. The summed E-state index contributed by atoms with van der Waals surface area (Å²) in [7, 11) is 0. The number of hydrogen-bond acceptors (Lipinski definition) is 4. The van der Waals surface area contributed by atoms with Gasteiger partial charge in [-0.05, 0) is 48.0 Å². The molecule has 2 rings (SSSR count). The number of nitrogens with one attached hydrogen (secondary N) is 1. The fourth-order valence-electron chi connectivity index (χ4n) is 1.98. The molecule has 138 valence electrons. The smallest absolute Gasteiger partial charge is 0.341 e. The van der Waals surface area contributed by atoms with Crippen LogP contribution in [0.2, 0.25) is 10.0 Å². The number of benzene rings is 2. The van der Waals surface area contributed by atoms with Gasteiger partial charge in [0, 0.05) is 5.69 Å². The van der Waals surface area contributed by atoms with Crippen molar-refractivity contribution in [2.45, 2.75) is 0 Å². The number of carboxylic acid groups (broad SMARTS) is 1. The first-order chi connectivity index (χ1) is 12.8. The number of nitrogens with zero attached hydrogens (tertiary/aromatic N) is 1. The van der Waals surface area contributed by atoms with Crippen LogP contribution in [0, 0.1) is 17.1 Å². The molecule has 0 radical (unpaired) electrons. The third-order valence-corrected chi connectivity index (χ3v) is 3.70. The minimum Gasteiger partial charge on any atom is -0.479 e. The Hall–Kier alpha value is -3.08. The highest BCUT2D eigenvalue weighted by Crippen LogP contribution is 2.34. The number of carboxylic acids is 1. The second-order valence-electron chi connectivity index (χ2n) is 5.13. The number of amides is 1. The molecule has 0 unspecified atom stereocenters. The van der Waals surface area contributed by atoms with Gasteiger partial charge in [-0.25, -0.2) is 9.18 Å². The molecular weight excluding hydrogens is 398 g/mol. The molecule has 1 amide bonds. The summed E-state index contributed by atoms with van der Waals surface area (Å²) >= 11 is 12.0. The normalized spacial score (nSPS) is 10.8. The highest BCUT2D eigenvalue weighted by Gasteiger charge is 2.14. The molecule has 0 aliphatic heterocycles. The summed E-state index contributed by atoms with van der Waals surface area (Å²) in [5.74, 6) is -2.39. The van der Waals surface area contributed by atoms with Gasteiger partial charge in [-0.1, -0.05) is 23.2 Å². The number of hydrogen-bond donors (Lipinski definition) is 2. The van der Waals surface area contributed by atoms with Crippen molar-refractivity contribution >= 4 is 46.8 Å². The van der Waals surface area contributed by atoms with Crippen LogP contribution in [0.1, 0.15) is 5.56 Å². The van der Waals surface area contributed by atoms with Crippen molar-refractivity contribution in [3.05, 3.63) is 63.4 Å². The van der Waals surface area contributed by atoms with E-state index in [-0.39, 0.29) is 21.4 Å². The van der Waals surface area contributed by atoms with E-state index in [0.717, 1.165) is 0 Å². The van der Waals surface area contributed by atoms with Gasteiger partial charge in [-0.2, -0.15) is 5.26 Å². The molecule has 6 nitrogen and oxygen atoms in total. The van der Waals surface area contributed by atoms with Gasteiger partial charge >= 0.3 is 5.97 Å².